The van der Waals surface area contributed by atoms with Crippen molar-refractivity contribution in [2.45, 2.75) is 36.0 Å². The standard InChI is InChI=1S/C16H18S3/c1-2-3-7-14-10-12-16(13-11-14)18-19-17-15-8-5-4-6-9-15/h4-6,8-13H,2-3,7H2,1H3. The number of rotatable bonds is 7. The molecule has 2 rings (SSSR count). The van der Waals surface area contributed by atoms with E-state index in [4.69, 9.17) is 0 Å². The lowest BCUT2D eigenvalue weighted by Crippen LogP contribution is -1.83. The monoisotopic (exact) mass is 306 g/mol. The summed E-state index contributed by atoms with van der Waals surface area (Å²) in [5.41, 5.74) is 1.45. The van der Waals surface area contributed by atoms with Crippen molar-refractivity contribution in [3.8, 4) is 0 Å². The van der Waals surface area contributed by atoms with E-state index in [9.17, 15) is 0 Å². The molecule has 0 radical (unpaired) electrons. The van der Waals surface area contributed by atoms with Crippen LogP contribution in [-0.2, 0) is 6.42 Å². The molecule has 0 fully saturated rings. The third-order valence-electron chi connectivity index (χ3n) is 2.75. The molecule has 0 amide bonds. The lowest BCUT2D eigenvalue weighted by molar-refractivity contribution is 0.794. The lowest BCUT2D eigenvalue weighted by Gasteiger charge is -2.03. The molecule has 0 aliphatic heterocycles. The molecule has 0 saturated heterocycles. The van der Waals surface area contributed by atoms with E-state index in [1.54, 1.807) is 0 Å². The van der Waals surface area contributed by atoms with Crippen molar-refractivity contribution in [2.24, 2.45) is 0 Å². The molecule has 0 saturated carbocycles. The van der Waals surface area contributed by atoms with E-state index in [0.29, 0.717) is 0 Å². The summed E-state index contributed by atoms with van der Waals surface area (Å²) in [7, 11) is 5.46. The highest BCUT2D eigenvalue weighted by molar-refractivity contribution is 9.09. The Bertz CT molecular complexity index is 465. The number of benzene rings is 2. The zero-order chi connectivity index (χ0) is 13.3. The Kier molecular flexibility index (Phi) is 6.75. The molecule has 3 heteroatoms. The van der Waals surface area contributed by atoms with Crippen LogP contribution < -0.4 is 0 Å². The fraction of sp³-hybridized carbons (Fsp3) is 0.250. The number of hydrogen-bond donors (Lipinski definition) is 0. The first-order chi connectivity index (χ1) is 9.38. The fourth-order valence-corrected chi connectivity index (χ4v) is 5.33. The first-order valence-electron chi connectivity index (χ1n) is 6.53. The fourth-order valence-electron chi connectivity index (χ4n) is 1.66. The highest BCUT2D eigenvalue weighted by Crippen LogP contribution is 2.44. The Morgan fingerprint density at radius 2 is 1.42 bits per heavy atom. The van der Waals surface area contributed by atoms with Gasteiger partial charge in [-0.15, -0.1) is 0 Å². The van der Waals surface area contributed by atoms with Crippen LogP contribution in [0.2, 0.25) is 0 Å². The molecule has 0 aliphatic carbocycles. The summed E-state index contributed by atoms with van der Waals surface area (Å²) in [4.78, 5) is 2.63. The van der Waals surface area contributed by atoms with Crippen LogP contribution in [0.1, 0.15) is 25.3 Å². The molecule has 100 valence electrons. The molecule has 0 aromatic heterocycles. The number of unbranched alkanes of at least 4 members (excludes halogenated alkanes) is 1. The predicted molar refractivity (Wildman–Crippen MR) is 90.8 cm³/mol. The maximum absolute atomic E-state index is 2.26. The molecular formula is C16H18S3. The molecular weight excluding hydrogens is 288 g/mol. The van der Waals surface area contributed by atoms with Gasteiger partial charge in [0.25, 0.3) is 0 Å². The maximum Gasteiger partial charge on any atom is 0.0191 e. The molecule has 0 atom stereocenters. The second kappa shape index (κ2) is 8.62. The van der Waals surface area contributed by atoms with Crippen LogP contribution in [0.25, 0.3) is 0 Å². The normalized spacial score (nSPS) is 10.6. The van der Waals surface area contributed by atoms with E-state index >= 15 is 0 Å². The van der Waals surface area contributed by atoms with Gasteiger partial charge in [0, 0.05) is 9.79 Å². The molecule has 0 unspecified atom stereocenters. The average Bonchev–Trinajstić information content (AvgIpc) is 2.47. The highest BCUT2D eigenvalue weighted by atomic mass is 33.5. The molecule has 0 N–H and O–H groups in total. The van der Waals surface area contributed by atoms with Gasteiger partial charge in [-0.25, -0.2) is 0 Å². The summed E-state index contributed by atoms with van der Waals surface area (Å²) in [6.45, 7) is 2.24. The quantitative estimate of drug-likeness (QED) is 0.537. The van der Waals surface area contributed by atoms with Crippen LogP contribution in [0.5, 0.6) is 0 Å². The third-order valence-corrected chi connectivity index (χ3v) is 6.60. The van der Waals surface area contributed by atoms with Crippen molar-refractivity contribution >= 4 is 31.4 Å². The van der Waals surface area contributed by atoms with E-state index in [1.807, 2.05) is 31.4 Å². The molecule has 0 spiro atoms. The second-order valence-corrected chi connectivity index (χ2v) is 8.34. The Hall–Kier alpha value is -0.510. The van der Waals surface area contributed by atoms with Crippen molar-refractivity contribution in [3.05, 3.63) is 60.2 Å². The summed E-state index contributed by atoms with van der Waals surface area (Å²) < 4.78 is 0. The van der Waals surface area contributed by atoms with Crippen LogP contribution in [0.3, 0.4) is 0 Å². The van der Waals surface area contributed by atoms with Crippen molar-refractivity contribution in [3.63, 3.8) is 0 Å². The van der Waals surface area contributed by atoms with E-state index in [2.05, 4.69) is 61.5 Å². The van der Waals surface area contributed by atoms with Crippen molar-refractivity contribution in [1.29, 1.82) is 0 Å². The van der Waals surface area contributed by atoms with Crippen LogP contribution in [0, 0.1) is 0 Å². The van der Waals surface area contributed by atoms with Gasteiger partial charge in [0.15, 0.2) is 0 Å². The van der Waals surface area contributed by atoms with E-state index in [0.717, 1.165) is 0 Å². The van der Waals surface area contributed by atoms with Gasteiger partial charge in [-0.2, -0.15) is 0 Å². The van der Waals surface area contributed by atoms with E-state index < -0.39 is 0 Å². The number of aryl methyl sites for hydroxylation is 1. The Balaban J connectivity index is 1.77. The predicted octanol–water partition coefficient (Wildman–Crippen LogP) is 6.48. The van der Waals surface area contributed by atoms with Crippen LogP contribution >= 0.6 is 31.4 Å². The zero-order valence-electron chi connectivity index (χ0n) is 11.0. The largest absolute Gasteiger partial charge is 0.0654 e. The SMILES string of the molecule is CCCCc1ccc(SSSc2ccccc2)cc1. The van der Waals surface area contributed by atoms with Gasteiger partial charge < -0.3 is 0 Å². The van der Waals surface area contributed by atoms with Gasteiger partial charge in [0.1, 0.15) is 0 Å². The minimum absolute atomic E-state index is 1.20. The van der Waals surface area contributed by atoms with Crippen LogP contribution in [0.15, 0.2) is 64.4 Å². The second-order valence-electron chi connectivity index (χ2n) is 4.30. The topological polar surface area (TPSA) is 0 Å². The molecule has 0 nitrogen and oxygen atoms in total. The van der Waals surface area contributed by atoms with Crippen molar-refractivity contribution in [2.75, 3.05) is 0 Å². The van der Waals surface area contributed by atoms with Crippen LogP contribution in [-0.4, -0.2) is 0 Å². The van der Waals surface area contributed by atoms with E-state index in [-0.39, 0.29) is 0 Å². The molecule has 0 heterocycles. The summed E-state index contributed by atoms with van der Waals surface area (Å²) in [5, 5.41) is 0. The summed E-state index contributed by atoms with van der Waals surface area (Å²) in [6.07, 6.45) is 3.75. The van der Waals surface area contributed by atoms with Gasteiger partial charge in [0.05, 0.1) is 0 Å². The summed E-state index contributed by atoms with van der Waals surface area (Å²) in [6, 6.07) is 19.5. The molecule has 0 aliphatic rings. The van der Waals surface area contributed by atoms with Gasteiger partial charge in [-0.1, -0.05) is 43.7 Å². The molecule has 0 bridgehead atoms. The molecule has 2 aromatic carbocycles. The van der Waals surface area contributed by atoms with Crippen LogP contribution in [0.4, 0.5) is 0 Å². The maximum atomic E-state index is 2.26. The van der Waals surface area contributed by atoms with Gasteiger partial charge in [-0.05, 0) is 74.1 Å². The minimum Gasteiger partial charge on any atom is -0.0654 e. The lowest BCUT2D eigenvalue weighted by atomic mass is 10.1. The molecule has 2 aromatic rings. The first-order valence-corrected chi connectivity index (χ1v) is 10.0. The smallest absolute Gasteiger partial charge is 0.0191 e. The molecule has 19 heavy (non-hydrogen) atoms. The van der Waals surface area contributed by atoms with Gasteiger partial charge >= 0.3 is 0 Å². The average molecular weight is 307 g/mol. The minimum atomic E-state index is 1.20. The van der Waals surface area contributed by atoms with E-state index in [1.165, 1.54) is 34.6 Å². The summed E-state index contributed by atoms with van der Waals surface area (Å²) >= 11 is 0. The Morgan fingerprint density at radius 1 is 0.789 bits per heavy atom. The highest BCUT2D eigenvalue weighted by Gasteiger charge is 1.98. The summed E-state index contributed by atoms with van der Waals surface area (Å²) in [5.74, 6) is 0. The van der Waals surface area contributed by atoms with Gasteiger partial charge in [0.2, 0.25) is 0 Å². The number of hydrogen-bond acceptors (Lipinski definition) is 3. The Morgan fingerprint density at radius 3 is 2.05 bits per heavy atom. The zero-order valence-corrected chi connectivity index (χ0v) is 13.5. The van der Waals surface area contributed by atoms with Crippen molar-refractivity contribution < 1.29 is 0 Å². The Labute approximate surface area is 127 Å². The van der Waals surface area contributed by atoms with Crippen molar-refractivity contribution in [1.82, 2.24) is 0 Å². The first kappa shape index (κ1) is 14.9. The third kappa shape index (κ3) is 5.55. The van der Waals surface area contributed by atoms with Gasteiger partial charge in [-0.3, -0.25) is 0 Å².